The average Bonchev–Trinajstić information content (AvgIpc) is 2.86. The number of hydrogen-bond acceptors (Lipinski definition) is 5. The average molecular weight is 492 g/mol. The van der Waals surface area contributed by atoms with Crippen molar-refractivity contribution in [2.75, 3.05) is 13.1 Å². The number of nitrogens with zero attached hydrogens (tertiary/aromatic N) is 3. The van der Waals surface area contributed by atoms with Crippen molar-refractivity contribution in [3.8, 4) is 0 Å². The van der Waals surface area contributed by atoms with Crippen LogP contribution in [0.3, 0.4) is 0 Å². The zero-order valence-electron chi connectivity index (χ0n) is 21.3. The Labute approximate surface area is 209 Å². The Balaban J connectivity index is 1.60. The quantitative estimate of drug-likeness (QED) is 0.550. The minimum Gasteiger partial charge on any atom is -0.349 e. The molecule has 1 fully saturated rings. The third-order valence-electron chi connectivity index (χ3n) is 6.74. The molecule has 0 unspecified atom stereocenters. The maximum atomic E-state index is 13.7. The predicted octanol–water partition coefficient (Wildman–Crippen LogP) is 2.96. The first-order chi connectivity index (χ1) is 17.2. The van der Waals surface area contributed by atoms with Crippen LogP contribution in [0.15, 0.2) is 39.9 Å². The first kappa shape index (κ1) is 25.3. The van der Waals surface area contributed by atoms with Crippen molar-refractivity contribution in [1.29, 1.82) is 0 Å². The maximum Gasteiger partial charge on any atom is 0.329 e. The van der Waals surface area contributed by atoms with Gasteiger partial charge in [-0.1, -0.05) is 39.0 Å². The lowest BCUT2D eigenvalue weighted by Gasteiger charge is -2.33. The molecule has 9 nitrogen and oxygen atoms in total. The van der Waals surface area contributed by atoms with Gasteiger partial charge >= 0.3 is 5.69 Å². The number of likely N-dealkylation sites (tertiary alicyclic amines) is 1. The summed E-state index contributed by atoms with van der Waals surface area (Å²) in [5.41, 5.74) is 1.61. The standard InChI is InChI=1S/C27H33N5O4/c1-5-12-32-23-22(25(34)30-27(32)36)20(15-21(29-23)16(2)3)26(35)31-13-10-18(11-14-31)28-24(33)19-9-7-6-8-17(19)4/h6-9,15-16,18H,5,10-14H2,1-4H3,(H,28,33)(H,30,34,36). The molecule has 0 saturated carbocycles. The van der Waals surface area contributed by atoms with Crippen LogP contribution in [-0.2, 0) is 6.54 Å². The van der Waals surface area contributed by atoms with Crippen LogP contribution in [0, 0.1) is 6.92 Å². The van der Waals surface area contributed by atoms with Crippen LogP contribution in [0.25, 0.3) is 11.0 Å². The summed E-state index contributed by atoms with van der Waals surface area (Å²) in [6.07, 6.45) is 1.90. The maximum absolute atomic E-state index is 13.7. The van der Waals surface area contributed by atoms with Gasteiger partial charge in [0.2, 0.25) is 0 Å². The van der Waals surface area contributed by atoms with Gasteiger partial charge < -0.3 is 10.2 Å². The fourth-order valence-corrected chi connectivity index (χ4v) is 4.68. The number of benzene rings is 1. The fourth-order valence-electron chi connectivity index (χ4n) is 4.68. The van der Waals surface area contributed by atoms with Crippen molar-refractivity contribution in [2.24, 2.45) is 0 Å². The van der Waals surface area contributed by atoms with Crippen LogP contribution < -0.4 is 16.6 Å². The molecule has 9 heteroatoms. The molecule has 1 saturated heterocycles. The lowest BCUT2D eigenvalue weighted by Crippen LogP contribution is -2.47. The normalized spacial score (nSPS) is 14.4. The van der Waals surface area contributed by atoms with E-state index in [4.69, 9.17) is 0 Å². The highest BCUT2D eigenvalue weighted by atomic mass is 16.2. The van der Waals surface area contributed by atoms with E-state index >= 15 is 0 Å². The number of piperidine rings is 1. The highest BCUT2D eigenvalue weighted by molar-refractivity contribution is 6.05. The number of rotatable bonds is 6. The van der Waals surface area contributed by atoms with Gasteiger partial charge in [0.1, 0.15) is 0 Å². The van der Waals surface area contributed by atoms with Crippen molar-refractivity contribution in [2.45, 2.75) is 65.5 Å². The molecule has 2 amide bonds. The second kappa shape index (κ2) is 10.5. The molecule has 0 radical (unpaired) electrons. The molecule has 4 rings (SSSR count). The van der Waals surface area contributed by atoms with Gasteiger partial charge in [0.05, 0.1) is 10.9 Å². The summed E-state index contributed by atoms with van der Waals surface area (Å²) in [6.45, 7) is 9.04. The van der Waals surface area contributed by atoms with Crippen LogP contribution in [0.4, 0.5) is 0 Å². The van der Waals surface area contributed by atoms with Gasteiger partial charge in [-0.3, -0.25) is 23.9 Å². The molecule has 2 N–H and O–H groups in total. The summed E-state index contributed by atoms with van der Waals surface area (Å²) in [5.74, 6) is -0.368. The fraction of sp³-hybridized carbons (Fsp3) is 0.444. The Hall–Kier alpha value is -3.75. The number of carbonyl (C=O) groups excluding carboxylic acids is 2. The van der Waals surface area contributed by atoms with Crippen molar-refractivity contribution in [3.05, 3.63) is 73.6 Å². The first-order valence-electron chi connectivity index (χ1n) is 12.5. The number of aromatic amines is 1. The van der Waals surface area contributed by atoms with Gasteiger partial charge in [0, 0.05) is 36.9 Å². The van der Waals surface area contributed by atoms with E-state index in [2.05, 4.69) is 15.3 Å². The van der Waals surface area contributed by atoms with E-state index in [9.17, 15) is 19.2 Å². The smallest absolute Gasteiger partial charge is 0.329 e. The Morgan fingerprint density at radius 1 is 1.14 bits per heavy atom. The topological polar surface area (TPSA) is 117 Å². The third-order valence-corrected chi connectivity index (χ3v) is 6.74. The van der Waals surface area contributed by atoms with Crippen molar-refractivity contribution in [3.63, 3.8) is 0 Å². The monoisotopic (exact) mass is 491 g/mol. The summed E-state index contributed by atoms with van der Waals surface area (Å²) in [4.78, 5) is 60.4. The SMILES string of the molecule is CCCn1c(=O)[nH]c(=O)c2c(C(=O)N3CCC(NC(=O)c4ccccc4C)CC3)cc(C(C)C)nc21. The summed E-state index contributed by atoms with van der Waals surface area (Å²) in [7, 11) is 0. The molecule has 0 bridgehead atoms. The van der Waals surface area contributed by atoms with Gasteiger partial charge in [-0.25, -0.2) is 9.78 Å². The number of H-pyrrole nitrogens is 1. The lowest BCUT2D eigenvalue weighted by molar-refractivity contribution is 0.0699. The zero-order chi connectivity index (χ0) is 26.0. The van der Waals surface area contributed by atoms with E-state index in [1.807, 2.05) is 45.9 Å². The van der Waals surface area contributed by atoms with Crippen LogP contribution in [0.5, 0.6) is 0 Å². The summed E-state index contributed by atoms with van der Waals surface area (Å²) >= 11 is 0. The number of aromatic nitrogens is 3. The van der Waals surface area contributed by atoms with Crippen molar-refractivity contribution < 1.29 is 9.59 Å². The summed E-state index contributed by atoms with van der Waals surface area (Å²) in [5, 5.41) is 3.23. The Bertz CT molecular complexity index is 1410. The molecule has 0 spiro atoms. The number of fused-ring (bicyclic) bond motifs is 1. The molecule has 190 valence electrons. The number of amides is 2. The molecule has 3 heterocycles. The first-order valence-corrected chi connectivity index (χ1v) is 12.5. The molecule has 3 aromatic rings. The molecular weight excluding hydrogens is 458 g/mol. The van der Waals surface area contributed by atoms with E-state index in [1.54, 1.807) is 17.0 Å². The second-order valence-electron chi connectivity index (χ2n) is 9.71. The molecule has 1 aliphatic rings. The Morgan fingerprint density at radius 2 is 1.83 bits per heavy atom. The highest BCUT2D eigenvalue weighted by Gasteiger charge is 2.28. The van der Waals surface area contributed by atoms with Crippen molar-refractivity contribution >= 4 is 22.8 Å². The predicted molar refractivity (Wildman–Crippen MR) is 139 cm³/mol. The van der Waals surface area contributed by atoms with Gasteiger partial charge in [-0.05, 0) is 49.8 Å². The van der Waals surface area contributed by atoms with Gasteiger partial charge in [-0.2, -0.15) is 0 Å². The van der Waals surface area contributed by atoms with Crippen LogP contribution in [0.1, 0.15) is 77.9 Å². The van der Waals surface area contributed by atoms with Gasteiger partial charge in [-0.15, -0.1) is 0 Å². The van der Waals surface area contributed by atoms with E-state index in [0.717, 1.165) is 5.56 Å². The summed E-state index contributed by atoms with van der Waals surface area (Å²) < 4.78 is 1.44. The number of carbonyl (C=O) groups is 2. The molecule has 1 aliphatic heterocycles. The number of aryl methyl sites for hydroxylation is 2. The molecule has 2 aromatic heterocycles. The number of nitrogens with one attached hydrogen (secondary N) is 2. The zero-order valence-corrected chi connectivity index (χ0v) is 21.3. The minimum absolute atomic E-state index is 0.00723. The van der Waals surface area contributed by atoms with Gasteiger partial charge in [0.15, 0.2) is 5.65 Å². The largest absolute Gasteiger partial charge is 0.349 e. The molecular formula is C27H33N5O4. The molecule has 36 heavy (non-hydrogen) atoms. The summed E-state index contributed by atoms with van der Waals surface area (Å²) in [6, 6.07) is 9.09. The molecule has 0 aliphatic carbocycles. The van der Waals surface area contributed by atoms with E-state index < -0.39 is 11.2 Å². The second-order valence-corrected chi connectivity index (χ2v) is 9.71. The van der Waals surface area contributed by atoms with Crippen LogP contribution >= 0.6 is 0 Å². The van der Waals surface area contributed by atoms with Crippen LogP contribution in [0.2, 0.25) is 0 Å². The molecule has 0 atom stereocenters. The number of hydrogen-bond donors (Lipinski definition) is 2. The number of pyridine rings is 1. The van der Waals surface area contributed by atoms with Gasteiger partial charge in [0.25, 0.3) is 17.4 Å². The van der Waals surface area contributed by atoms with Crippen molar-refractivity contribution in [1.82, 2.24) is 24.8 Å². The lowest BCUT2D eigenvalue weighted by atomic mass is 10.0. The van der Waals surface area contributed by atoms with E-state index in [0.29, 0.717) is 50.2 Å². The Morgan fingerprint density at radius 3 is 2.47 bits per heavy atom. The Kier molecular flexibility index (Phi) is 7.37. The highest BCUT2D eigenvalue weighted by Crippen LogP contribution is 2.23. The van der Waals surface area contributed by atoms with Crippen LogP contribution in [-0.4, -0.2) is 50.4 Å². The molecule has 1 aromatic carbocycles. The van der Waals surface area contributed by atoms with E-state index in [-0.39, 0.29) is 40.4 Å². The minimum atomic E-state index is -0.603. The third kappa shape index (κ3) is 4.96. The van der Waals surface area contributed by atoms with E-state index in [1.165, 1.54) is 4.57 Å².